The number of hydrogen-bond acceptors (Lipinski definition) is 3. The predicted molar refractivity (Wildman–Crippen MR) is 81.2 cm³/mol. The maximum absolute atomic E-state index is 5.84. The average molecular weight is 260 g/mol. The molecule has 0 bridgehead atoms. The van der Waals surface area contributed by atoms with Crippen LogP contribution in [0.25, 0.3) is 33.2 Å². The number of anilines is 1. The van der Waals surface area contributed by atoms with Crippen molar-refractivity contribution in [1.82, 2.24) is 15.0 Å². The lowest BCUT2D eigenvalue weighted by Crippen LogP contribution is -1.97. The van der Waals surface area contributed by atoms with Crippen molar-refractivity contribution in [3.05, 3.63) is 54.6 Å². The van der Waals surface area contributed by atoms with Crippen molar-refractivity contribution in [2.75, 3.05) is 5.73 Å². The first-order chi connectivity index (χ1) is 9.83. The van der Waals surface area contributed by atoms with E-state index in [9.17, 15) is 0 Å². The Kier molecular flexibility index (Phi) is 2.23. The van der Waals surface area contributed by atoms with E-state index >= 15 is 0 Å². The van der Waals surface area contributed by atoms with Gasteiger partial charge in [-0.2, -0.15) is 4.98 Å². The van der Waals surface area contributed by atoms with Crippen LogP contribution in [0.2, 0.25) is 0 Å². The number of H-pyrrole nitrogens is 1. The summed E-state index contributed by atoms with van der Waals surface area (Å²) in [7, 11) is 0. The number of nitrogens with two attached hydrogens (primary N) is 1. The topological polar surface area (TPSA) is 67.6 Å². The molecule has 4 heteroatoms. The number of aromatic amines is 1. The molecule has 2 heterocycles. The summed E-state index contributed by atoms with van der Waals surface area (Å²) in [6.07, 6.45) is 0. The lowest BCUT2D eigenvalue weighted by atomic mass is 10.1. The molecule has 0 aliphatic heterocycles. The monoisotopic (exact) mass is 260 g/mol. The van der Waals surface area contributed by atoms with Crippen LogP contribution in [0.3, 0.4) is 0 Å². The van der Waals surface area contributed by atoms with Crippen molar-refractivity contribution < 1.29 is 0 Å². The highest BCUT2D eigenvalue weighted by Crippen LogP contribution is 2.32. The number of nitrogens with zero attached hydrogens (tertiary/aromatic N) is 2. The first-order valence-corrected chi connectivity index (χ1v) is 6.42. The lowest BCUT2D eigenvalue weighted by Gasteiger charge is -2.04. The number of hydrogen-bond donors (Lipinski definition) is 2. The molecule has 20 heavy (non-hydrogen) atoms. The summed E-state index contributed by atoms with van der Waals surface area (Å²) in [6.45, 7) is 0. The summed E-state index contributed by atoms with van der Waals surface area (Å²) in [5.74, 6) is 0.280. The highest BCUT2D eigenvalue weighted by atomic mass is 15.0. The first kappa shape index (κ1) is 11.0. The first-order valence-electron chi connectivity index (χ1n) is 6.42. The van der Waals surface area contributed by atoms with E-state index in [2.05, 4.69) is 21.0 Å². The van der Waals surface area contributed by atoms with E-state index in [0.29, 0.717) is 0 Å². The quantitative estimate of drug-likeness (QED) is 0.551. The SMILES string of the molecule is Nc1nc(-c2ccccc2)c2c(n1)[nH]c1ccccc12. The number of para-hydroxylation sites is 1. The third-order valence-corrected chi connectivity index (χ3v) is 3.42. The number of nitrogen functional groups attached to an aromatic ring is 1. The Morgan fingerprint density at radius 2 is 1.60 bits per heavy atom. The van der Waals surface area contributed by atoms with Crippen LogP contribution in [0.4, 0.5) is 5.95 Å². The highest BCUT2D eigenvalue weighted by Gasteiger charge is 2.13. The summed E-state index contributed by atoms with van der Waals surface area (Å²) in [5, 5.41) is 2.13. The van der Waals surface area contributed by atoms with Gasteiger partial charge >= 0.3 is 0 Å². The molecule has 0 spiro atoms. The third-order valence-electron chi connectivity index (χ3n) is 3.42. The molecular formula is C16H12N4. The van der Waals surface area contributed by atoms with Crippen LogP contribution >= 0.6 is 0 Å². The lowest BCUT2D eigenvalue weighted by molar-refractivity contribution is 1.22. The fraction of sp³-hybridized carbons (Fsp3) is 0. The molecule has 96 valence electrons. The van der Waals surface area contributed by atoms with Crippen molar-refractivity contribution in [2.45, 2.75) is 0 Å². The Morgan fingerprint density at radius 3 is 2.45 bits per heavy atom. The largest absolute Gasteiger partial charge is 0.368 e. The van der Waals surface area contributed by atoms with Gasteiger partial charge in [-0.15, -0.1) is 0 Å². The van der Waals surface area contributed by atoms with Crippen LogP contribution in [0.5, 0.6) is 0 Å². The van der Waals surface area contributed by atoms with Gasteiger partial charge in [0, 0.05) is 16.5 Å². The maximum Gasteiger partial charge on any atom is 0.222 e. The minimum absolute atomic E-state index is 0.280. The van der Waals surface area contributed by atoms with Crippen molar-refractivity contribution in [1.29, 1.82) is 0 Å². The molecule has 0 radical (unpaired) electrons. The van der Waals surface area contributed by atoms with Crippen molar-refractivity contribution in [3.63, 3.8) is 0 Å². The maximum atomic E-state index is 5.84. The van der Waals surface area contributed by atoms with E-state index in [1.165, 1.54) is 0 Å². The van der Waals surface area contributed by atoms with Gasteiger partial charge in [-0.1, -0.05) is 48.5 Å². The predicted octanol–water partition coefficient (Wildman–Crippen LogP) is 3.36. The van der Waals surface area contributed by atoms with E-state index < -0.39 is 0 Å². The van der Waals surface area contributed by atoms with E-state index in [4.69, 9.17) is 5.73 Å². The summed E-state index contributed by atoms with van der Waals surface area (Å²) < 4.78 is 0. The number of benzene rings is 2. The molecule has 4 rings (SSSR count). The summed E-state index contributed by atoms with van der Waals surface area (Å²) in [4.78, 5) is 12.0. The fourth-order valence-corrected chi connectivity index (χ4v) is 2.57. The molecule has 0 fully saturated rings. The smallest absolute Gasteiger partial charge is 0.222 e. The Morgan fingerprint density at radius 1 is 0.850 bits per heavy atom. The molecule has 0 saturated heterocycles. The fourth-order valence-electron chi connectivity index (χ4n) is 2.57. The number of fused-ring (bicyclic) bond motifs is 3. The van der Waals surface area contributed by atoms with E-state index in [-0.39, 0.29) is 5.95 Å². The van der Waals surface area contributed by atoms with Crippen LogP contribution in [0.15, 0.2) is 54.6 Å². The molecule has 2 aromatic heterocycles. The zero-order valence-electron chi connectivity index (χ0n) is 10.7. The molecule has 0 amide bonds. The van der Waals surface area contributed by atoms with Crippen LogP contribution in [0, 0.1) is 0 Å². The second kappa shape index (κ2) is 4.06. The normalized spacial score (nSPS) is 11.2. The number of nitrogens with one attached hydrogen (secondary N) is 1. The van der Waals surface area contributed by atoms with Gasteiger partial charge in [0.05, 0.1) is 11.1 Å². The van der Waals surface area contributed by atoms with Gasteiger partial charge in [-0.05, 0) is 6.07 Å². The molecule has 4 nitrogen and oxygen atoms in total. The molecule has 3 N–H and O–H groups in total. The van der Waals surface area contributed by atoms with Crippen molar-refractivity contribution in [3.8, 4) is 11.3 Å². The third kappa shape index (κ3) is 1.55. The summed E-state index contributed by atoms with van der Waals surface area (Å²) in [6, 6.07) is 18.1. The highest BCUT2D eigenvalue weighted by molar-refractivity contribution is 6.12. The molecule has 4 aromatic rings. The van der Waals surface area contributed by atoms with E-state index in [1.54, 1.807) is 0 Å². The zero-order valence-corrected chi connectivity index (χ0v) is 10.7. The molecule has 0 unspecified atom stereocenters. The molecule has 0 atom stereocenters. The average Bonchev–Trinajstić information content (AvgIpc) is 2.85. The molecular weight excluding hydrogens is 248 g/mol. The van der Waals surface area contributed by atoms with Crippen molar-refractivity contribution in [2.24, 2.45) is 0 Å². The van der Waals surface area contributed by atoms with Crippen LogP contribution in [0.1, 0.15) is 0 Å². The summed E-state index contributed by atoms with van der Waals surface area (Å²) >= 11 is 0. The minimum atomic E-state index is 0.280. The Hall–Kier alpha value is -2.88. The van der Waals surface area contributed by atoms with Gasteiger partial charge in [0.25, 0.3) is 0 Å². The number of rotatable bonds is 1. The van der Waals surface area contributed by atoms with E-state index in [1.807, 2.05) is 48.5 Å². The number of aromatic nitrogens is 3. The second-order valence-electron chi connectivity index (χ2n) is 4.69. The van der Waals surface area contributed by atoms with E-state index in [0.717, 1.165) is 33.2 Å². The van der Waals surface area contributed by atoms with Gasteiger partial charge in [0.15, 0.2) is 0 Å². The zero-order chi connectivity index (χ0) is 13.5. The van der Waals surface area contributed by atoms with Crippen LogP contribution in [-0.2, 0) is 0 Å². The Balaban J connectivity index is 2.19. The van der Waals surface area contributed by atoms with Gasteiger partial charge in [0.1, 0.15) is 5.65 Å². The van der Waals surface area contributed by atoms with Crippen molar-refractivity contribution >= 4 is 27.9 Å². The molecule has 0 saturated carbocycles. The Labute approximate surface area is 115 Å². The molecule has 2 aromatic carbocycles. The van der Waals surface area contributed by atoms with Crippen LogP contribution < -0.4 is 5.73 Å². The second-order valence-corrected chi connectivity index (χ2v) is 4.69. The minimum Gasteiger partial charge on any atom is -0.368 e. The Bertz CT molecular complexity index is 910. The van der Waals surface area contributed by atoms with Gasteiger partial charge in [-0.3, -0.25) is 0 Å². The van der Waals surface area contributed by atoms with Crippen LogP contribution in [-0.4, -0.2) is 15.0 Å². The van der Waals surface area contributed by atoms with Gasteiger partial charge < -0.3 is 10.7 Å². The summed E-state index contributed by atoms with van der Waals surface area (Å²) in [5.41, 5.74) is 9.56. The van der Waals surface area contributed by atoms with Gasteiger partial charge in [0.2, 0.25) is 5.95 Å². The molecule has 0 aliphatic rings. The molecule has 0 aliphatic carbocycles. The van der Waals surface area contributed by atoms with Gasteiger partial charge in [-0.25, -0.2) is 4.98 Å². The standard InChI is InChI=1S/C16H12N4/c17-16-19-14(10-6-2-1-3-7-10)13-11-8-4-5-9-12(11)18-15(13)20-16/h1-9H,(H3,17,18,19,20).